The molecule has 488 valence electrons. The van der Waals surface area contributed by atoms with Gasteiger partial charge in [0.1, 0.15) is 0 Å². The smallest absolute Gasteiger partial charge is 0.305 e. The number of rotatable bonds is 72. The molecule has 0 bridgehead atoms. The van der Waals surface area contributed by atoms with Crippen LogP contribution in [0.5, 0.6) is 0 Å². The molecule has 6 heteroatoms. The van der Waals surface area contributed by atoms with Crippen LogP contribution < -0.4 is 5.32 Å². The third-order valence-electron chi connectivity index (χ3n) is 18.1. The molecule has 6 nitrogen and oxygen atoms in total. The largest absolute Gasteiger partial charge is 0.466 e. The number of ether oxygens (including phenoxy) is 1. The first-order valence-corrected chi connectivity index (χ1v) is 37.9. The van der Waals surface area contributed by atoms with Crippen LogP contribution in [-0.4, -0.2) is 47.4 Å². The van der Waals surface area contributed by atoms with Gasteiger partial charge in [0.15, 0.2) is 0 Å². The van der Waals surface area contributed by atoms with Crippen molar-refractivity contribution in [2.24, 2.45) is 0 Å². The second-order valence-electron chi connectivity index (χ2n) is 26.3. The fraction of sp³-hybridized carbons (Fsp3) is 0.947. The quantitative estimate of drug-likeness (QED) is 0.0320. The average Bonchev–Trinajstić information content (AvgIpc) is 3.48. The minimum absolute atomic E-state index is 0.0129. The topological polar surface area (TPSA) is 95.9 Å². The molecule has 0 fully saturated rings. The van der Waals surface area contributed by atoms with Gasteiger partial charge in [-0.1, -0.05) is 386 Å². The van der Waals surface area contributed by atoms with Gasteiger partial charge < -0.3 is 20.3 Å². The summed E-state index contributed by atoms with van der Waals surface area (Å²) in [6.07, 6.45) is 90.0. The second kappa shape index (κ2) is 72.1. The van der Waals surface area contributed by atoms with Gasteiger partial charge in [-0.05, 0) is 51.4 Å². The SMILES string of the molecule is CCCCCC/C=C\CCCCCCCC(=O)OCCCCCCCCCCCCCCCCCCCCCCCCCCCCCCCCCCC(=O)NC(CO)C(O)CCCCCCCCCCCCCCCCCCCCCC. The van der Waals surface area contributed by atoms with Gasteiger partial charge in [0.05, 0.1) is 25.4 Å². The molecule has 0 aliphatic carbocycles. The Morgan fingerprint density at radius 1 is 0.329 bits per heavy atom. The Morgan fingerprint density at radius 3 is 0.878 bits per heavy atom. The maximum absolute atomic E-state index is 12.6. The predicted molar refractivity (Wildman–Crippen MR) is 361 cm³/mol. The number of hydrogen-bond donors (Lipinski definition) is 3. The van der Waals surface area contributed by atoms with E-state index >= 15 is 0 Å². The van der Waals surface area contributed by atoms with E-state index in [1.54, 1.807) is 0 Å². The molecule has 1 amide bonds. The standard InChI is InChI=1S/C76H149NO5/c1-3-5-7-9-11-13-15-17-18-19-20-35-38-41-45-48-52-56-60-64-68-74(79)73(72-78)77-75(80)69-65-61-57-53-49-46-42-39-36-33-31-29-27-25-23-21-22-24-26-28-30-32-34-37-40-43-47-51-55-59-63-67-71-82-76(81)70-66-62-58-54-50-44-16-14-12-10-8-6-4-2/h14,16,73-74,78-79H,3-13,15,17-72H2,1-2H3,(H,77,80)/b16-14-. The minimum atomic E-state index is -0.661. The Kier molecular flexibility index (Phi) is 70.8. The first kappa shape index (κ1) is 80.6. The maximum Gasteiger partial charge on any atom is 0.305 e. The van der Waals surface area contributed by atoms with Crippen LogP contribution in [0.4, 0.5) is 0 Å². The lowest BCUT2D eigenvalue weighted by Crippen LogP contribution is -2.45. The van der Waals surface area contributed by atoms with Crippen molar-refractivity contribution in [1.82, 2.24) is 5.32 Å². The normalized spacial score (nSPS) is 12.5. The molecule has 82 heavy (non-hydrogen) atoms. The van der Waals surface area contributed by atoms with Crippen molar-refractivity contribution in [3.63, 3.8) is 0 Å². The number of amides is 1. The first-order valence-electron chi connectivity index (χ1n) is 37.9. The molecule has 2 unspecified atom stereocenters. The minimum Gasteiger partial charge on any atom is -0.466 e. The van der Waals surface area contributed by atoms with Crippen molar-refractivity contribution in [3.8, 4) is 0 Å². The van der Waals surface area contributed by atoms with Gasteiger partial charge in [0, 0.05) is 12.8 Å². The van der Waals surface area contributed by atoms with E-state index in [4.69, 9.17) is 4.74 Å². The number of aliphatic hydroxyl groups excluding tert-OH is 2. The third kappa shape index (κ3) is 67.7. The summed E-state index contributed by atoms with van der Waals surface area (Å²) in [5.74, 6) is -0.0123. The van der Waals surface area contributed by atoms with E-state index in [-0.39, 0.29) is 18.5 Å². The summed E-state index contributed by atoms with van der Waals surface area (Å²) in [6, 6.07) is -0.538. The van der Waals surface area contributed by atoms with Gasteiger partial charge >= 0.3 is 5.97 Å². The maximum atomic E-state index is 12.6. The van der Waals surface area contributed by atoms with E-state index in [2.05, 4.69) is 31.3 Å². The first-order chi connectivity index (χ1) is 40.5. The monoisotopic (exact) mass is 1160 g/mol. The van der Waals surface area contributed by atoms with Crippen molar-refractivity contribution in [2.45, 2.75) is 450 Å². The predicted octanol–water partition coefficient (Wildman–Crippen LogP) is 24.7. The number of carbonyl (C=O) groups is 2. The number of unbranched alkanes of at least 4 members (excludes halogenated alkanes) is 59. The highest BCUT2D eigenvalue weighted by Gasteiger charge is 2.20. The number of carbonyl (C=O) groups excluding carboxylic acids is 2. The molecule has 0 heterocycles. The molecule has 0 saturated carbocycles. The Labute approximate surface area is 514 Å². The molecule has 3 N–H and O–H groups in total. The summed E-state index contributed by atoms with van der Waals surface area (Å²) in [6.45, 7) is 4.99. The highest BCUT2D eigenvalue weighted by atomic mass is 16.5. The van der Waals surface area contributed by atoms with Gasteiger partial charge in [0.2, 0.25) is 5.91 Å². The van der Waals surface area contributed by atoms with Crippen LogP contribution >= 0.6 is 0 Å². The Balaban J connectivity index is 3.32. The second-order valence-corrected chi connectivity index (χ2v) is 26.3. The van der Waals surface area contributed by atoms with Crippen LogP contribution in [0.1, 0.15) is 438 Å². The molecule has 0 aliphatic heterocycles. The van der Waals surface area contributed by atoms with E-state index < -0.39 is 12.1 Å². The Morgan fingerprint density at radius 2 is 0.573 bits per heavy atom. The van der Waals surface area contributed by atoms with E-state index in [1.807, 2.05) is 0 Å². The molecule has 0 rings (SSSR count). The number of aliphatic hydroxyl groups is 2. The highest BCUT2D eigenvalue weighted by molar-refractivity contribution is 5.76. The molecular weight excluding hydrogens is 1010 g/mol. The lowest BCUT2D eigenvalue weighted by Gasteiger charge is -2.22. The van der Waals surface area contributed by atoms with Gasteiger partial charge in [-0.2, -0.15) is 0 Å². The molecule has 0 aromatic heterocycles. The van der Waals surface area contributed by atoms with E-state index in [0.717, 1.165) is 44.9 Å². The van der Waals surface area contributed by atoms with Crippen molar-refractivity contribution in [1.29, 1.82) is 0 Å². The van der Waals surface area contributed by atoms with Crippen LogP contribution in [0.3, 0.4) is 0 Å². The van der Waals surface area contributed by atoms with Crippen LogP contribution in [0.2, 0.25) is 0 Å². The fourth-order valence-electron chi connectivity index (χ4n) is 12.3. The number of hydrogen-bond acceptors (Lipinski definition) is 5. The molecule has 0 aromatic carbocycles. The Hall–Kier alpha value is -1.40. The van der Waals surface area contributed by atoms with Crippen LogP contribution in [0, 0.1) is 0 Å². The van der Waals surface area contributed by atoms with Gasteiger partial charge in [-0.15, -0.1) is 0 Å². The number of allylic oxidation sites excluding steroid dienone is 2. The van der Waals surface area contributed by atoms with Crippen molar-refractivity contribution >= 4 is 11.9 Å². The zero-order valence-corrected chi connectivity index (χ0v) is 56.0. The summed E-state index contributed by atoms with van der Waals surface area (Å²) in [5, 5.41) is 23.4. The molecule has 0 spiro atoms. The molecular formula is C76H149NO5. The van der Waals surface area contributed by atoms with Gasteiger partial charge in [0.25, 0.3) is 0 Å². The third-order valence-corrected chi connectivity index (χ3v) is 18.1. The fourth-order valence-corrected chi connectivity index (χ4v) is 12.3. The lowest BCUT2D eigenvalue weighted by molar-refractivity contribution is -0.143. The van der Waals surface area contributed by atoms with Crippen LogP contribution in [0.15, 0.2) is 12.2 Å². The van der Waals surface area contributed by atoms with Gasteiger partial charge in [-0.3, -0.25) is 9.59 Å². The molecule has 0 saturated heterocycles. The van der Waals surface area contributed by atoms with E-state index in [0.29, 0.717) is 25.9 Å². The molecule has 0 aromatic rings. The summed E-state index contributed by atoms with van der Waals surface area (Å²) < 4.78 is 5.49. The summed E-state index contributed by atoms with van der Waals surface area (Å²) in [4.78, 5) is 24.6. The number of nitrogens with one attached hydrogen (secondary N) is 1. The zero-order chi connectivity index (χ0) is 59.2. The summed E-state index contributed by atoms with van der Waals surface area (Å²) in [7, 11) is 0. The highest BCUT2D eigenvalue weighted by Crippen LogP contribution is 2.20. The number of esters is 1. The summed E-state index contributed by atoms with van der Waals surface area (Å²) in [5.41, 5.74) is 0. The lowest BCUT2D eigenvalue weighted by atomic mass is 10.0. The average molecular weight is 1160 g/mol. The van der Waals surface area contributed by atoms with E-state index in [9.17, 15) is 19.8 Å². The van der Waals surface area contributed by atoms with Crippen LogP contribution in [0.25, 0.3) is 0 Å². The van der Waals surface area contributed by atoms with Crippen molar-refractivity contribution < 1.29 is 24.5 Å². The van der Waals surface area contributed by atoms with Crippen LogP contribution in [-0.2, 0) is 14.3 Å². The summed E-state index contributed by atoms with van der Waals surface area (Å²) >= 11 is 0. The molecule has 0 radical (unpaired) electrons. The molecule has 0 aliphatic rings. The molecule has 2 atom stereocenters. The zero-order valence-electron chi connectivity index (χ0n) is 56.0. The van der Waals surface area contributed by atoms with Crippen molar-refractivity contribution in [3.05, 3.63) is 12.2 Å². The van der Waals surface area contributed by atoms with E-state index in [1.165, 1.54) is 360 Å². The van der Waals surface area contributed by atoms with Crippen molar-refractivity contribution in [2.75, 3.05) is 13.2 Å². The Bertz CT molecular complexity index is 1240. The van der Waals surface area contributed by atoms with Gasteiger partial charge in [-0.25, -0.2) is 0 Å².